The number of benzene rings is 1. The zero-order valence-electron chi connectivity index (χ0n) is 14.3. The molecule has 3 aromatic rings. The first kappa shape index (κ1) is 16.8. The molecule has 7 nitrogen and oxygen atoms in total. The highest BCUT2D eigenvalue weighted by atomic mass is 16.1. The van der Waals surface area contributed by atoms with Crippen LogP contribution in [0.2, 0.25) is 0 Å². The molecule has 3 rings (SSSR count). The van der Waals surface area contributed by atoms with Crippen molar-refractivity contribution in [3.05, 3.63) is 71.8 Å². The first-order valence-corrected chi connectivity index (χ1v) is 8.12. The largest absolute Gasteiger partial charge is 0.344 e. The van der Waals surface area contributed by atoms with Crippen LogP contribution in [-0.4, -0.2) is 30.6 Å². The van der Waals surface area contributed by atoms with Crippen molar-refractivity contribution < 1.29 is 4.79 Å². The average Bonchev–Trinajstić information content (AvgIpc) is 3.12. The lowest BCUT2D eigenvalue weighted by Gasteiger charge is -2.19. The number of rotatable bonds is 6. The van der Waals surface area contributed by atoms with Gasteiger partial charge in [-0.05, 0) is 31.9 Å². The number of nitrogens with zero attached hydrogens (tertiary/aromatic N) is 5. The standard InChI is InChI=1S/C18H20N6O/c1-13-10-17(22-14(2)21-13)18(25)23-16(15-6-4-3-5-7-15)8-9-24-12-19-11-20-24/h3-7,10-12,16H,8-9H2,1-2H3,(H,23,25)/t16-/m0/s1. The van der Waals surface area contributed by atoms with Crippen molar-refractivity contribution in [2.45, 2.75) is 32.9 Å². The first-order chi connectivity index (χ1) is 12.1. The molecule has 0 aliphatic heterocycles. The molecule has 1 aromatic carbocycles. The predicted octanol–water partition coefficient (Wildman–Crippen LogP) is 2.25. The Labute approximate surface area is 146 Å². The number of carbonyl (C=O) groups excluding carboxylic acids is 1. The molecule has 2 aromatic heterocycles. The summed E-state index contributed by atoms with van der Waals surface area (Å²) in [7, 11) is 0. The molecule has 1 N–H and O–H groups in total. The third-order valence-corrected chi connectivity index (χ3v) is 3.82. The smallest absolute Gasteiger partial charge is 0.270 e. The Balaban J connectivity index is 1.77. The second-order valence-corrected chi connectivity index (χ2v) is 5.83. The Morgan fingerprint density at radius 1 is 1.20 bits per heavy atom. The van der Waals surface area contributed by atoms with Crippen LogP contribution < -0.4 is 5.32 Å². The van der Waals surface area contributed by atoms with E-state index in [1.165, 1.54) is 6.33 Å². The van der Waals surface area contributed by atoms with Gasteiger partial charge >= 0.3 is 0 Å². The van der Waals surface area contributed by atoms with E-state index in [1.807, 2.05) is 37.3 Å². The quantitative estimate of drug-likeness (QED) is 0.746. The topological polar surface area (TPSA) is 85.6 Å². The highest BCUT2D eigenvalue weighted by molar-refractivity contribution is 5.92. The molecule has 0 spiro atoms. The minimum absolute atomic E-state index is 0.145. The van der Waals surface area contributed by atoms with Gasteiger partial charge in [-0.25, -0.2) is 15.0 Å². The molecule has 0 fully saturated rings. The Bertz CT molecular complexity index is 812. The molecule has 0 bridgehead atoms. The van der Waals surface area contributed by atoms with Crippen molar-refractivity contribution >= 4 is 5.91 Å². The van der Waals surface area contributed by atoms with Gasteiger partial charge in [-0.15, -0.1) is 0 Å². The Morgan fingerprint density at radius 2 is 2.00 bits per heavy atom. The van der Waals surface area contributed by atoms with E-state index in [4.69, 9.17) is 0 Å². The van der Waals surface area contributed by atoms with Crippen LogP contribution >= 0.6 is 0 Å². The van der Waals surface area contributed by atoms with Crippen LogP contribution in [0, 0.1) is 13.8 Å². The fourth-order valence-electron chi connectivity index (χ4n) is 2.68. The van der Waals surface area contributed by atoms with E-state index in [0.29, 0.717) is 24.5 Å². The zero-order valence-corrected chi connectivity index (χ0v) is 14.3. The fraction of sp³-hybridized carbons (Fsp3) is 0.278. The highest BCUT2D eigenvalue weighted by Gasteiger charge is 2.17. The van der Waals surface area contributed by atoms with Crippen LogP contribution in [0.25, 0.3) is 0 Å². The van der Waals surface area contributed by atoms with Crippen LogP contribution in [0.5, 0.6) is 0 Å². The lowest BCUT2D eigenvalue weighted by atomic mass is 10.0. The van der Waals surface area contributed by atoms with Gasteiger partial charge < -0.3 is 5.32 Å². The third kappa shape index (κ3) is 4.47. The number of hydrogen-bond acceptors (Lipinski definition) is 5. The van der Waals surface area contributed by atoms with Gasteiger partial charge in [0.2, 0.25) is 0 Å². The van der Waals surface area contributed by atoms with Crippen molar-refractivity contribution in [1.82, 2.24) is 30.0 Å². The molecule has 1 amide bonds. The lowest BCUT2D eigenvalue weighted by molar-refractivity contribution is 0.0927. The highest BCUT2D eigenvalue weighted by Crippen LogP contribution is 2.18. The van der Waals surface area contributed by atoms with Gasteiger partial charge in [0.1, 0.15) is 24.2 Å². The summed E-state index contributed by atoms with van der Waals surface area (Å²) in [5.41, 5.74) is 2.20. The van der Waals surface area contributed by atoms with Gasteiger partial charge in [0.25, 0.3) is 5.91 Å². The molecule has 1 atom stereocenters. The molecule has 2 heterocycles. The number of carbonyl (C=O) groups is 1. The Hall–Kier alpha value is -3.09. The molecule has 7 heteroatoms. The minimum atomic E-state index is -0.207. The van der Waals surface area contributed by atoms with E-state index in [0.717, 1.165) is 11.3 Å². The maximum absolute atomic E-state index is 12.7. The average molecular weight is 336 g/mol. The molecule has 25 heavy (non-hydrogen) atoms. The molecular weight excluding hydrogens is 316 g/mol. The summed E-state index contributed by atoms with van der Waals surface area (Å²) in [6, 6.07) is 11.4. The molecule has 0 aliphatic carbocycles. The SMILES string of the molecule is Cc1cc(C(=O)N[C@@H](CCn2cncn2)c2ccccc2)nc(C)n1. The molecule has 0 radical (unpaired) electrons. The van der Waals surface area contributed by atoms with Gasteiger partial charge in [0, 0.05) is 12.2 Å². The first-order valence-electron chi connectivity index (χ1n) is 8.12. The number of amides is 1. The van der Waals surface area contributed by atoms with Crippen molar-refractivity contribution in [2.75, 3.05) is 0 Å². The monoisotopic (exact) mass is 336 g/mol. The summed E-state index contributed by atoms with van der Waals surface area (Å²) in [5, 5.41) is 7.19. The van der Waals surface area contributed by atoms with Crippen molar-refractivity contribution in [3.8, 4) is 0 Å². The molecule has 0 saturated carbocycles. The number of nitrogens with one attached hydrogen (secondary N) is 1. The minimum Gasteiger partial charge on any atom is -0.344 e. The van der Waals surface area contributed by atoms with Crippen LogP contribution in [-0.2, 0) is 6.54 Å². The van der Waals surface area contributed by atoms with Crippen LogP contribution in [0.15, 0.2) is 49.1 Å². The summed E-state index contributed by atoms with van der Waals surface area (Å²) < 4.78 is 1.75. The van der Waals surface area contributed by atoms with Crippen LogP contribution in [0.1, 0.15) is 40.0 Å². The Morgan fingerprint density at radius 3 is 2.68 bits per heavy atom. The fourth-order valence-corrected chi connectivity index (χ4v) is 2.68. The van der Waals surface area contributed by atoms with Gasteiger partial charge in [-0.2, -0.15) is 5.10 Å². The molecule has 0 saturated heterocycles. The maximum Gasteiger partial charge on any atom is 0.270 e. The molecular formula is C18H20N6O. The van der Waals surface area contributed by atoms with E-state index in [-0.39, 0.29) is 11.9 Å². The summed E-state index contributed by atoms with van der Waals surface area (Å²) in [4.78, 5) is 25.1. The van der Waals surface area contributed by atoms with Crippen molar-refractivity contribution in [1.29, 1.82) is 0 Å². The zero-order chi connectivity index (χ0) is 17.6. The summed E-state index contributed by atoms with van der Waals surface area (Å²) in [6.07, 6.45) is 3.87. The number of aromatic nitrogens is 5. The molecule has 128 valence electrons. The number of aryl methyl sites for hydroxylation is 3. The van der Waals surface area contributed by atoms with Crippen molar-refractivity contribution in [2.24, 2.45) is 0 Å². The van der Waals surface area contributed by atoms with Gasteiger partial charge in [-0.3, -0.25) is 9.48 Å². The molecule has 0 unspecified atom stereocenters. The van der Waals surface area contributed by atoms with Gasteiger partial charge in [0.15, 0.2) is 0 Å². The van der Waals surface area contributed by atoms with Crippen LogP contribution in [0.4, 0.5) is 0 Å². The Kier molecular flexibility index (Phi) is 5.13. The van der Waals surface area contributed by atoms with E-state index >= 15 is 0 Å². The van der Waals surface area contributed by atoms with E-state index < -0.39 is 0 Å². The lowest BCUT2D eigenvalue weighted by Crippen LogP contribution is -2.30. The van der Waals surface area contributed by atoms with Gasteiger partial charge in [0.05, 0.1) is 6.04 Å². The second-order valence-electron chi connectivity index (χ2n) is 5.83. The summed E-state index contributed by atoms with van der Waals surface area (Å²) >= 11 is 0. The summed E-state index contributed by atoms with van der Waals surface area (Å²) in [5.74, 6) is 0.380. The summed E-state index contributed by atoms with van der Waals surface area (Å²) in [6.45, 7) is 4.29. The second kappa shape index (κ2) is 7.65. The normalized spacial score (nSPS) is 11.9. The van der Waals surface area contributed by atoms with Gasteiger partial charge in [-0.1, -0.05) is 30.3 Å². The molecule has 0 aliphatic rings. The van der Waals surface area contributed by atoms with Crippen LogP contribution in [0.3, 0.4) is 0 Å². The predicted molar refractivity (Wildman–Crippen MR) is 92.8 cm³/mol. The van der Waals surface area contributed by atoms with E-state index in [1.54, 1.807) is 24.0 Å². The van der Waals surface area contributed by atoms with E-state index in [9.17, 15) is 4.79 Å². The number of hydrogen-bond donors (Lipinski definition) is 1. The third-order valence-electron chi connectivity index (χ3n) is 3.82. The maximum atomic E-state index is 12.7. The van der Waals surface area contributed by atoms with Crippen molar-refractivity contribution in [3.63, 3.8) is 0 Å². The van der Waals surface area contributed by atoms with E-state index in [2.05, 4.69) is 25.4 Å².